The van der Waals surface area contributed by atoms with Gasteiger partial charge in [-0.3, -0.25) is 4.79 Å². The summed E-state index contributed by atoms with van der Waals surface area (Å²) in [5.41, 5.74) is 1.75. The summed E-state index contributed by atoms with van der Waals surface area (Å²) in [7, 11) is 5.19. The number of rotatable bonds is 4. The highest BCUT2D eigenvalue weighted by Crippen LogP contribution is 2.35. The Morgan fingerprint density at radius 1 is 1.24 bits per heavy atom. The van der Waals surface area contributed by atoms with Crippen molar-refractivity contribution in [2.24, 2.45) is 0 Å². The van der Waals surface area contributed by atoms with Crippen molar-refractivity contribution < 1.29 is 14.3 Å². The maximum Gasteiger partial charge on any atom is 0.204 e. The maximum atomic E-state index is 13.1. The van der Waals surface area contributed by atoms with E-state index in [1.165, 1.54) is 19.4 Å². The van der Waals surface area contributed by atoms with Crippen molar-refractivity contribution in [2.75, 3.05) is 21.2 Å². The average molecular weight is 360 g/mol. The summed E-state index contributed by atoms with van der Waals surface area (Å²) < 4.78 is 11.1. The van der Waals surface area contributed by atoms with Gasteiger partial charge in [-0.25, -0.2) is 0 Å². The number of halogens is 1. The summed E-state index contributed by atoms with van der Waals surface area (Å²) in [4.78, 5) is 15.0. The van der Waals surface area contributed by atoms with Crippen LogP contribution in [0.3, 0.4) is 0 Å². The number of phenolic OH excluding ortho intramolecular Hbond substituents is 1. The lowest BCUT2D eigenvalue weighted by Crippen LogP contribution is -2.13. The number of phenols is 1. The molecule has 0 unspecified atom stereocenters. The molecule has 130 valence electrons. The monoisotopic (exact) mass is 359 g/mol. The van der Waals surface area contributed by atoms with Crippen molar-refractivity contribution >= 4 is 22.6 Å². The number of nitrogens with zero attached hydrogens (tertiary/aromatic N) is 1. The lowest BCUT2D eigenvalue weighted by atomic mass is 10.0. The van der Waals surface area contributed by atoms with Crippen LogP contribution < -0.4 is 10.2 Å². The van der Waals surface area contributed by atoms with E-state index in [2.05, 4.69) is 0 Å². The Morgan fingerprint density at radius 2 is 1.92 bits per heavy atom. The van der Waals surface area contributed by atoms with Gasteiger partial charge in [0, 0.05) is 17.6 Å². The van der Waals surface area contributed by atoms with Gasteiger partial charge < -0.3 is 19.2 Å². The Labute approximate surface area is 150 Å². The molecule has 0 atom stereocenters. The summed E-state index contributed by atoms with van der Waals surface area (Å²) in [6.45, 7) is 0.426. The third kappa shape index (κ3) is 3.21. The van der Waals surface area contributed by atoms with E-state index in [1.807, 2.05) is 19.0 Å². The minimum absolute atomic E-state index is 0.0282. The second-order valence-corrected chi connectivity index (χ2v) is 6.44. The predicted octanol–water partition coefficient (Wildman–Crippen LogP) is 3.89. The van der Waals surface area contributed by atoms with Crippen LogP contribution in [-0.2, 0) is 6.54 Å². The molecule has 1 heterocycles. The molecule has 0 saturated carbocycles. The van der Waals surface area contributed by atoms with Gasteiger partial charge in [0.1, 0.15) is 28.7 Å². The Balaban J connectivity index is 2.32. The van der Waals surface area contributed by atoms with Gasteiger partial charge in [-0.1, -0.05) is 23.7 Å². The number of benzene rings is 2. The number of fused-ring (bicyclic) bond motifs is 1. The van der Waals surface area contributed by atoms with Gasteiger partial charge in [0.25, 0.3) is 0 Å². The van der Waals surface area contributed by atoms with Crippen LogP contribution >= 0.6 is 11.6 Å². The normalized spacial score (nSPS) is 11.2. The van der Waals surface area contributed by atoms with Crippen molar-refractivity contribution in [1.82, 2.24) is 4.90 Å². The molecule has 0 saturated heterocycles. The molecular weight excluding hydrogens is 342 g/mol. The second kappa shape index (κ2) is 6.78. The summed E-state index contributed by atoms with van der Waals surface area (Å²) in [5.74, 6) is 0.306. The Bertz CT molecular complexity index is 977. The molecule has 0 aliphatic heterocycles. The van der Waals surface area contributed by atoms with Crippen molar-refractivity contribution in [3.8, 4) is 22.6 Å². The fourth-order valence-corrected chi connectivity index (χ4v) is 2.90. The van der Waals surface area contributed by atoms with Crippen LogP contribution in [0.1, 0.15) is 5.56 Å². The van der Waals surface area contributed by atoms with Crippen molar-refractivity contribution in [3.63, 3.8) is 0 Å². The van der Waals surface area contributed by atoms with E-state index >= 15 is 0 Å². The van der Waals surface area contributed by atoms with Gasteiger partial charge in [-0.05, 0) is 31.8 Å². The summed E-state index contributed by atoms with van der Waals surface area (Å²) in [6.07, 6.45) is 1.41. The maximum absolute atomic E-state index is 13.1. The van der Waals surface area contributed by atoms with Crippen molar-refractivity contribution in [2.45, 2.75) is 6.54 Å². The van der Waals surface area contributed by atoms with Gasteiger partial charge in [0.15, 0.2) is 0 Å². The SMILES string of the molecule is COc1cc(O)c(CN(C)C)c2occ(-c3ccc(Cl)cc3)c(=O)c12. The number of hydrogen-bond donors (Lipinski definition) is 1. The first-order valence-corrected chi connectivity index (χ1v) is 8.05. The molecule has 6 heteroatoms. The minimum Gasteiger partial charge on any atom is -0.507 e. The zero-order valence-corrected chi connectivity index (χ0v) is 14.9. The highest BCUT2D eigenvalue weighted by molar-refractivity contribution is 6.30. The summed E-state index contributed by atoms with van der Waals surface area (Å²) in [6, 6.07) is 8.39. The average Bonchev–Trinajstić information content (AvgIpc) is 2.58. The fourth-order valence-electron chi connectivity index (χ4n) is 2.77. The molecule has 0 amide bonds. The molecule has 1 aromatic heterocycles. The van der Waals surface area contributed by atoms with E-state index < -0.39 is 0 Å². The van der Waals surface area contributed by atoms with Gasteiger partial charge in [0.05, 0.1) is 18.2 Å². The fraction of sp³-hybridized carbons (Fsp3) is 0.211. The molecule has 2 aromatic carbocycles. The highest BCUT2D eigenvalue weighted by atomic mass is 35.5. The first-order valence-electron chi connectivity index (χ1n) is 7.67. The highest BCUT2D eigenvalue weighted by Gasteiger charge is 2.20. The van der Waals surface area contributed by atoms with Crippen LogP contribution in [0.4, 0.5) is 0 Å². The molecule has 0 radical (unpaired) electrons. The number of hydrogen-bond acceptors (Lipinski definition) is 5. The molecule has 3 rings (SSSR count). The minimum atomic E-state index is -0.222. The second-order valence-electron chi connectivity index (χ2n) is 6.00. The lowest BCUT2D eigenvalue weighted by Gasteiger charge is -2.15. The van der Waals surface area contributed by atoms with Gasteiger partial charge in [-0.15, -0.1) is 0 Å². The third-order valence-corrected chi connectivity index (χ3v) is 4.19. The largest absolute Gasteiger partial charge is 0.507 e. The molecule has 0 fully saturated rings. The van der Waals surface area contributed by atoms with E-state index in [1.54, 1.807) is 24.3 Å². The smallest absolute Gasteiger partial charge is 0.204 e. The Hall–Kier alpha value is -2.50. The zero-order chi connectivity index (χ0) is 18.1. The first-order chi connectivity index (χ1) is 11.9. The van der Waals surface area contributed by atoms with Crippen LogP contribution in [0.15, 0.2) is 45.8 Å². The van der Waals surface area contributed by atoms with E-state index in [0.717, 1.165) is 0 Å². The van der Waals surface area contributed by atoms with Crippen LogP contribution in [0.25, 0.3) is 22.1 Å². The standard InChI is InChI=1S/C19H18ClNO4/c1-21(2)9-13-15(22)8-16(24-3)17-18(23)14(10-25-19(13)17)11-4-6-12(20)7-5-11/h4-8,10,22H,9H2,1-3H3. The molecule has 0 spiro atoms. The molecular formula is C19H18ClNO4. The van der Waals surface area contributed by atoms with Crippen LogP contribution in [0.5, 0.6) is 11.5 Å². The van der Waals surface area contributed by atoms with Crippen molar-refractivity contribution in [3.05, 3.63) is 57.4 Å². The van der Waals surface area contributed by atoms with Crippen molar-refractivity contribution in [1.29, 1.82) is 0 Å². The quantitative estimate of drug-likeness (QED) is 0.765. The van der Waals surface area contributed by atoms with E-state index in [9.17, 15) is 9.90 Å². The number of ether oxygens (including phenoxy) is 1. The predicted molar refractivity (Wildman–Crippen MR) is 98.5 cm³/mol. The number of methoxy groups -OCH3 is 1. The lowest BCUT2D eigenvalue weighted by molar-refractivity contribution is 0.379. The topological polar surface area (TPSA) is 62.9 Å². The zero-order valence-electron chi connectivity index (χ0n) is 14.2. The van der Waals surface area contributed by atoms with Gasteiger partial charge >= 0.3 is 0 Å². The van der Waals surface area contributed by atoms with E-state index in [4.69, 9.17) is 20.8 Å². The molecule has 3 aromatic rings. The first kappa shape index (κ1) is 17.3. The van der Waals surface area contributed by atoms with Gasteiger partial charge in [-0.2, -0.15) is 0 Å². The van der Waals surface area contributed by atoms with Gasteiger partial charge in [0.2, 0.25) is 5.43 Å². The molecule has 0 bridgehead atoms. The molecule has 25 heavy (non-hydrogen) atoms. The third-order valence-electron chi connectivity index (χ3n) is 3.94. The molecule has 5 nitrogen and oxygen atoms in total. The Morgan fingerprint density at radius 3 is 2.52 bits per heavy atom. The molecule has 0 aliphatic rings. The van der Waals surface area contributed by atoms with E-state index in [-0.39, 0.29) is 16.9 Å². The van der Waals surface area contributed by atoms with E-state index in [0.29, 0.717) is 39.2 Å². The Kier molecular flexibility index (Phi) is 4.70. The van der Waals surface area contributed by atoms with Crippen LogP contribution in [0, 0.1) is 0 Å². The summed E-state index contributed by atoms with van der Waals surface area (Å²) in [5, 5.41) is 11.2. The van der Waals surface area contributed by atoms with Crippen LogP contribution in [0.2, 0.25) is 5.02 Å². The molecule has 1 N–H and O–H groups in total. The van der Waals surface area contributed by atoms with Crippen LogP contribution in [-0.4, -0.2) is 31.2 Å². The summed E-state index contributed by atoms with van der Waals surface area (Å²) >= 11 is 5.91. The molecule has 0 aliphatic carbocycles. The number of aromatic hydroxyl groups is 1.